The summed E-state index contributed by atoms with van der Waals surface area (Å²) in [5, 5.41) is 6.63. The molecule has 1 aromatic heterocycles. The van der Waals surface area contributed by atoms with Gasteiger partial charge < -0.3 is 5.73 Å². The van der Waals surface area contributed by atoms with E-state index >= 15 is 0 Å². The van der Waals surface area contributed by atoms with Crippen molar-refractivity contribution in [3.8, 4) is 11.3 Å². The normalized spacial score (nSPS) is 10.4. The van der Waals surface area contributed by atoms with Gasteiger partial charge in [0.2, 0.25) is 0 Å². The van der Waals surface area contributed by atoms with Crippen LogP contribution in [0.25, 0.3) is 11.3 Å². The first-order valence-electron chi connectivity index (χ1n) is 4.38. The number of primary amides is 1. The van der Waals surface area contributed by atoms with Crippen LogP contribution in [0.5, 0.6) is 0 Å². The number of nitrogens with one attached hydrogen (secondary N) is 1. The van der Waals surface area contributed by atoms with E-state index in [0.717, 1.165) is 0 Å². The van der Waals surface area contributed by atoms with Gasteiger partial charge in [-0.2, -0.15) is 5.10 Å². The molecule has 0 bridgehead atoms. The number of nitrogens with zero attached hydrogens (tertiary/aromatic N) is 1. The fourth-order valence-corrected chi connectivity index (χ4v) is 1.49. The van der Waals surface area contributed by atoms with Gasteiger partial charge in [0, 0.05) is 5.56 Å². The molecule has 6 heteroatoms. The molecule has 0 unspecified atom stereocenters. The minimum atomic E-state index is -0.633. The predicted molar refractivity (Wildman–Crippen MR) is 57.5 cm³/mol. The molecule has 2 aromatic rings. The molecule has 0 saturated heterocycles. The molecule has 16 heavy (non-hydrogen) atoms. The van der Waals surface area contributed by atoms with Crippen LogP contribution in [0.4, 0.5) is 4.39 Å². The summed E-state index contributed by atoms with van der Waals surface area (Å²) >= 11 is 5.88. The Morgan fingerprint density at radius 2 is 2.19 bits per heavy atom. The second-order valence-corrected chi connectivity index (χ2v) is 3.56. The average molecular weight is 240 g/mol. The Kier molecular flexibility index (Phi) is 2.62. The van der Waals surface area contributed by atoms with E-state index in [1.807, 2.05) is 0 Å². The van der Waals surface area contributed by atoms with Gasteiger partial charge in [0.25, 0.3) is 5.91 Å². The lowest BCUT2D eigenvalue weighted by Crippen LogP contribution is -2.10. The highest BCUT2D eigenvalue weighted by molar-refractivity contribution is 6.33. The minimum Gasteiger partial charge on any atom is -0.364 e. The molecule has 0 aliphatic carbocycles. The van der Waals surface area contributed by atoms with Crippen LogP contribution < -0.4 is 5.73 Å². The number of aromatic nitrogens is 2. The van der Waals surface area contributed by atoms with Gasteiger partial charge in [-0.25, -0.2) is 4.39 Å². The van der Waals surface area contributed by atoms with Crippen molar-refractivity contribution < 1.29 is 9.18 Å². The number of H-pyrrole nitrogens is 1. The van der Waals surface area contributed by atoms with Crippen LogP contribution in [0.15, 0.2) is 24.3 Å². The monoisotopic (exact) mass is 239 g/mol. The Morgan fingerprint density at radius 3 is 2.81 bits per heavy atom. The van der Waals surface area contributed by atoms with Gasteiger partial charge in [-0.1, -0.05) is 11.6 Å². The first kappa shape index (κ1) is 10.6. The maximum absolute atomic E-state index is 13.0. The van der Waals surface area contributed by atoms with E-state index in [2.05, 4.69) is 10.2 Å². The molecule has 3 N–H and O–H groups in total. The maximum Gasteiger partial charge on any atom is 0.266 e. The second kappa shape index (κ2) is 3.94. The zero-order chi connectivity index (χ0) is 11.7. The van der Waals surface area contributed by atoms with Gasteiger partial charge in [0.05, 0.1) is 10.7 Å². The third-order valence-corrected chi connectivity index (χ3v) is 2.38. The van der Waals surface area contributed by atoms with Crippen LogP contribution in [0.3, 0.4) is 0 Å². The molecule has 0 spiro atoms. The molecular formula is C10H7ClFN3O. The van der Waals surface area contributed by atoms with Crippen molar-refractivity contribution >= 4 is 17.5 Å². The van der Waals surface area contributed by atoms with E-state index in [0.29, 0.717) is 16.3 Å². The van der Waals surface area contributed by atoms with Crippen LogP contribution in [-0.4, -0.2) is 16.1 Å². The molecule has 0 aliphatic rings. The number of carbonyl (C=O) groups is 1. The van der Waals surface area contributed by atoms with Crippen LogP contribution in [0.1, 0.15) is 10.5 Å². The van der Waals surface area contributed by atoms with Crippen LogP contribution in [-0.2, 0) is 0 Å². The summed E-state index contributed by atoms with van der Waals surface area (Å²) in [4.78, 5) is 10.8. The Bertz CT molecular complexity index is 553. The molecule has 82 valence electrons. The number of rotatable bonds is 2. The summed E-state index contributed by atoms with van der Waals surface area (Å²) in [5.74, 6) is -1.06. The van der Waals surface area contributed by atoms with Crippen molar-refractivity contribution in [3.05, 3.63) is 40.8 Å². The zero-order valence-corrected chi connectivity index (χ0v) is 8.75. The molecule has 0 radical (unpaired) electrons. The number of aromatic amines is 1. The molecule has 2 rings (SSSR count). The average Bonchev–Trinajstić information content (AvgIpc) is 2.70. The first-order chi connectivity index (χ1) is 7.58. The Labute approximate surface area is 95.2 Å². The number of nitrogens with two attached hydrogens (primary N) is 1. The number of benzene rings is 1. The lowest BCUT2D eigenvalue weighted by molar-refractivity contribution is 0.0995. The first-order valence-corrected chi connectivity index (χ1v) is 4.76. The lowest BCUT2D eigenvalue weighted by atomic mass is 10.1. The van der Waals surface area contributed by atoms with Crippen LogP contribution in [0.2, 0.25) is 5.02 Å². The highest BCUT2D eigenvalue weighted by Crippen LogP contribution is 2.27. The topological polar surface area (TPSA) is 71.8 Å². The van der Waals surface area contributed by atoms with E-state index in [-0.39, 0.29) is 5.69 Å². The van der Waals surface area contributed by atoms with Crippen LogP contribution in [0, 0.1) is 5.82 Å². The quantitative estimate of drug-likeness (QED) is 0.841. The van der Waals surface area contributed by atoms with Crippen molar-refractivity contribution in [1.29, 1.82) is 0 Å². The van der Waals surface area contributed by atoms with Crippen molar-refractivity contribution in [1.82, 2.24) is 10.2 Å². The standard InChI is InChI=1S/C10H7ClFN3O/c11-7-2-1-5(12)3-6(7)8-4-9(10(13)16)15-14-8/h1-4H,(H2,13,16)(H,14,15). The SMILES string of the molecule is NC(=O)c1cc(-c2cc(F)ccc2Cl)n[nH]1. The molecule has 1 amide bonds. The highest BCUT2D eigenvalue weighted by Gasteiger charge is 2.11. The van der Waals surface area contributed by atoms with Gasteiger partial charge in [0.1, 0.15) is 11.5 Å². The van der Waals surface area contributed by atoms with Gasteiger partial charge in [-0.05, 0) is 24.3 Å². The molecule has 0 fully saturated rings. The highest BCUT2D eigenvalue weighted by atomic mass is 35.5. The molecule has 1 aromatic carbocycles. The molecule has 0 aliphatic heterocycles. The summed E-state index contributed by atoms with van der Waals surface area (Å²) < 4.78 is 13.0. The Hall–Kier alpha value is -1.88. The Morgan fingerprint density at radius 1 is 1.44 bits per heavy atom. The maximum atomic E-state index is 13.0. The fraction of sp³-hybridized carbons (Fsp3) is 0. The number of hydrogen-bond acceptors (Lipinski definition) is 2. The number of halogens is 2. The van der Waals surface area contributed by atoms with Crippen molar-refractivity contribution in [3.63, 3.8) is 0 Å². The third-order valence-electron chi connectivity index (χ3n) is 2.05. The van der Waals surface area contributed by atoms with E-state index < -0.39 is 11.7 Å². The second-order valence-electron chi connectivity index (χ2n) is 3.16. The molecule has 0 atom stereocenters. The van der Waals surface area contributed by atoms with Gasteiger partial charge in [-0.15, -0.1) is 0 Å². The van der Waals surface area contributed by atoms with E-state index in [4.69, 9.17) is 17.3 Å². The van der Waals surface area contributed by atoms with Crippen molar-refractivity contribution in [2.75, 3.05) is 0 Å². The van der Waals surface area contributed by atoms with E-state index in [1.165, 1.54) is 24.3 Å². The number of amides is 1. The fourth-order valence-electron chi connectivity index (χ4n) is 1.28. The summed E-state index contributed by atoms with van der Waals surface area (Å²) in [7, 11) is 0. The van der Waals surface area contributed by atoms with Gasteiger partial charge in [0.15, 0.2) is 0 Å². The smallest absolute Gasteiger partial charge is 0.266 e. The summed E-state index contributed by atoms with van der Waals surface area (Å²) in [6.45, 7) is 0. The zero-order valence-electron chi connectivity index (χ0n) is 8.00. The molecule has 1 heterocycles. The minimum absolute atomic E-state index is 0.148. The van der Waals surface area contributed by atoms with Gasteiger partial charge >= 0.3 is 0 Å². The van der Waals surface area contributed by atoms with Crippen molar-refractivity contribution in [2.45, 2.75) is 0 Å². The molecular weight excluding hydrogens is 233 g/mol. The lowest BCUT2D eigenvalue weighted by Gasteiger charge is -1.99. The van der Waals surface area contributed by atoms with E-state index in [9.17, 15) is 9.18 Å². The third kappa shape index (κ3) is 1.90. The van der Waals surface area contributed by atoms with Gasteiger partial charge in [-0.3, -0.25) is 9.89 Å². The molecule has 4 nitrogen and oxygen atoms in total. The largest absolute Gasteiger partial charge is 0.364 e. The van der Waals surface area contributed by atoms with Crippen LogP contribution >= 0.6 is 11.6 Å². The predicted octanol–water partition coefficient (Wildman–Crippen LogP) is 1.97. The molecule has 0 saturated carbocycles. The summed E-state index contributed by atoms with van der Waals surface area (Å²) in [6.07, 6.45) is 0. The van der Waals surface area contributed by atoms with E-state index in [1.54, 1.807) is 0 Å². The number of carbonyl (C=O) groups excluding carboxylic acids is 1. The van der Waals surface area contributed by atoms with Crippen molar-refractivity contribution in [2.24, 2.45) is 5.73 Å². The summed E-state index contributed by atoms with van der Waals surface area (Å²) in [6, 6.07) is 5.32. The number of hydrogen-bond donors (Lipinski definition) is 2. The summed E-state index contributed by atoms with van der Waals surface area (Å²) in [5.41, 5.74) is 5.99. The Balaban J connectivity index is 2.50.